The highest BCUT2D eigenvalue weighted by atomic mass is 32.2. The molecule has 0 aliphatic heterocycles. The van der Waals surface area contributed by atoms with Crippen molar-refractivity contribution >= 4 is 39.0 Å². The Labute approximate surface area is 119 Å². The number of nitroso groups, excluding NO2 is 1. The largest absolute Gasteiger partial charge is 0.382 e. The third-order valence-corrected chi connectivity index (χ3v) is 3.39. The molecule has 0 radical (unpaired) electrons. The van der Waals surface area contributed by atoms with E-state index in [2.05, 4.69) is 20.5 Å². The standard InChI is InChI=1S/C10H11N7O3S/c11-8-7(17-18)9(16-10(12)15-8)14-5-1-3-6(4-2-5)21(13,19)20/h1-4H,(H2,13,19,20)(H5,11,12,14,15,16). The van der Waals surface area contributed by atoms with Crippen molar-refractivity contribution in [3.8, 4) is 0 Å². The summed E-state index contributed by atoms with van der Waals surface area (Å²) < 4.78 is 22.3. The Balaban J connectivity index is 2.37. The van der Waals surface area contributed by atoms with E-state index < -0.39 is 10.0 Å². The Kier molecular flexibility index (Phi) is 3.69. The molecule has 0 saturated carbocycles. The van der Waals surface area contributed by atoms with Crippen LogP contribution in [-0.2, 0) is 10.0 Å². The molecule has 0 fully saturated rings. The Morgan fingerprint density at radius 1 is 1.10 bits per heavy atom. The fraction of sp³-hybridized carbons (Fsp3) is 0. The molecule has 7 N–H and O–H groups in total. The van der Waals surface area contributed by atoms with Gasteiger partial charge < -0.3 is 16.8 Å². The Morgan fingerprint density at radius 3 is 2.24 bits per heavy atom. The molecular weight excluding hydrogens is 298 g/mol. The van der Waals surface area contributed by atoms with Crippen LogP contribution in [0.15, 0.2) is 34.3 Å². The molecule has 11 heteroatoms. The predicted octanol–water partition coefficient (Wildman–Crippen LogP) is 0.430. The molecule has 2 aromatic rings. The number of benzene rings is 1. The smallest absolute Gasteiger partial charge is 0.238 e. The van der Waals surface area contributed by atoms with Gasteiger partial charge in [0, 0.05) is 5.69 Å². The Morgan fingerprint density at radius 2 is 1.71 bits per heavy atom. The van der Waals surface area contributed by atoms with Gasteiger partial charge in [0.2, 0.25) is 16.0 Å². The number of aromatic nitrogens is 2. The summed E-state index contributed by atoms with van der Waals surface area (Å²) in [5, 5.41) is 10.5. The molecule has 110 valence electrons. The Hall–Kier alpha value is -2.79. The first-order valence-corrected chi connectivity index (χ1v) is 7.02. The van der Waals surface area contributed by atoms with Gasteiger partial charge in [-0.2, -0.15) is 9.97 Å². The monoisotopic (exact) mass is 309 g/mol. The minimum Gasteiger partial charge on any atom is -0.382 e. The first kappa shape index (κ1) is 14.6. The van der Waals surface area contributed by atoms with Crippen LogP contribution >= 0.6 is 0 Å². The fourth-order valence-corrected chi connectivity index (χ4v) is 2.05. The summed E-state index contributed by atoms with van der Waals surface area (Å²) in [5.74, 6) is -0.289. The highest BCUT2D eigenvalue weighted by Crippen LogP contribution is 2.31. The molecule has 0 amide bonds. The van der Waals surface area contributed by atoms with Crippen LogP contribution in [0.5, 0.6) is 0 Å². The third kappa shape index (κ3) is 3.21. The summed E-state index contributed by atoms with van der Waals surface area (Å²) in [6.07, 6.45) is 0. The zero-order valence-electron chi connectivity index (χ0n) is 10.5. The average Bonchev–Trinajstić information content (AvgIpc) is 2.38. The normalized spacial score (nSPS) is 11.1. The number of nitrogen functional groups attached to an aromatic ring is 2. The van der Waals surface area contributed by atoms with Crippen molar-refractivity contribution < 1.29 is 8.42 Å². The maximum Gasteiger partial charge on any atom is 0.238 e. The number of rotatable bonds is 4. The average molecular weight is 309 g/mol. The molecule has 10 nitrogen and oxygen atoms in total. The van der Waals surface area contributed by atoms with Crippen molar-refractivity contribution in [2.45, 2.75) is 4.90 Å². The molecule has 0 bridgehead atoms. The van der Waals surface area contributed by atoms with Crippen LogP contribution in [-0.4, -0.2) is 18.4 Å². The van der Waals surface area contributed by atoms with Crippen LogP contribution in [0, 0.1) is 4.91 Å². The SMILES string of the molecule is Nc1nc(N)c(N=O)c(Nc2ccc(S(N)(=O)=O)cc2)n1. The van der Waals surface area contributed by atoms with Gasteiger partial charge in [-0.1, -0.05) is 0 Å². The molecule has 0 spiro atoms. The van der Waals surface area contributed by atoms with Gasteiger partial charge in [-0.3, -0.25) is 0 Å². The molecule has 0 unspecified atom stereocenters. The number of nitrogens with one attached hydrogen (secondary N) is 1. The first-order chi connectivity index (χ1) is 9.81. The van der Waals surface area contributed by atoms with Crippen molar-refractivity contribution in [1.29, 1.82) is 0 Å². The lowest BCUT2D eigenvalue weighted by molar-refractivity contribution is 0.598. The molecule has 1 aromatic carbocycles. The van der Waals surface area contributed by atoms with E-state index in [-0.39, 0.29) is 28.2 Å². The van der Waals surface area contributed by atoms with Crippen molar-refractivity contribution in [3.05, 3.63) is 29.2 Å². The molecule has 0 saturated heterocycles. The lowest BCUT2D eigenvalue weighted by Crippen LogP contribution is -2.11. The number of sulfonamides is 1. The maximum atomic E-state index is 11.1. The predicted molar refractivity (Wildman–Crippen MR) is 77.4 cm³/mol. The van der Waals surface area contributed by atoms with Crippen molar-refractivity contribution in [2.24, 2.45) is 10.3 Å². The fourth-order valence-electron chi connectivity index (χ4n) is 1.53. The van der Waals surface area contributed by atoms with E-state index in [4.69, 9.17) is 16.6 Å². The highest BCUT2D eigenvalue weighted by molar-refractivity contribution is 7.89. The molecule has 21 heavy (non-hydrogen) atoms. The van der Waals surface area contributed by atoms with Crippen molar-refractivity contribution in [2.75, 3.05) is 16.8 Å². The van der Waals surface area contributed by atoms with Crippen molar-refractivity contribution in [1.82, 2.24) is 9.97 Å². The van der Waals surface area contributed by atoms with E-state index in [0.717, 1.165) is 0 Å². The summed E-state index contributed by atoms with van der Waals surface area (Å²) >= 11 is 0. The van der Waals surface area contributed by atoms with Crippen LogP contribution in [0.4, 0.5) is 29.0 Å². The van der Waals surface area contributed by atoms with Crippen molar-refractivity contribution in [3.63, 3.8) is 0 Å². The van der Waals surface area contributed by atoms with Gasteiger partial charge in [-0.15, -0.1) is 4.91 Å². The van der Waals surface area contributed by atoms with Crippen LogP contribution in [0.3, 0.4) is 0 Å². The van der Waals surface area contributed by atoms with Crippen LogP contribution in [0.2, 0.25) is 0 Å². The summed E-state index contributed by atoms with van der Waals surface area (Å²) in [7, 11) is -3.78. The zero-order valence-corrected chi connectivity index (χ0v) is 11.3. The summed E-state index contributed by atoms with van der Waals surface area (Å²) in [6.45, 7) is 0. The van der Waals surface area contributed by atoms with Crippen LogP contribution in [0.25, 0.3) is 0 Å². The topological polar surface area (TPSA) is 179 Å². The molecule has 1 aromatic heterocycles. The quantitative estimate of drug-likeness (QED) is 0.586. The molecule has 1 heterocycles. The number of primary sulfonamides is 1. The van der Waals surface area contributed by atoms with E-state index in [1.165, 1.54) is 24.3 Å². The van der Waals surface area contributed by atoms with Crippen LogP contribution in [0.1, 0.15) is 0 Å². The molecular formula is C10H11N7O3S. The number of nitrogens with zero attached hydrogens (tertiary/aromatic N) is 3. The van der Waals surface area contributed by atoms with Gasteiger partial charge in [0.1, 0.15) is 0 Å². The molecule has 0 atom stereocenters. The number of hydrogen-bond acceptors (Lipinski definition) is 9. The molecule has 0 aliphatic rings. The second-order valence-electron chi connectivity index (χ2n) is 3.95. The lowest BCUT2D eigenvalue weighted by Gasteiger charge is -2.09. The third-order valence-electron chi connectivity index (χ3n) is 2.47. The number of hydrogen-bond donors (Lipinski definition) is 4. The second kappa shape index (κ2) is 5.30. The van der Waals surface area contributed by atoms with Gasteiger partial charge >= 0.3 is 0 Å². The maximum absolute atomic E-state index is 11.1. The summed E-state index contributed by atoms with van der Waals surface area (Å²) in [6, 6.07) is 5.45. The Bertz CT molecular complexity index is 789. The van der Waals surface area contributed by atoms with E-state index in [9.17, 15) is 13.3 Å². The highest BCUT2D eigenvalue weighted by Gasteiger charge is 2.13. The van der Waals surface area contributed by atoms with E-state index >= 15 is 0 Å². The molecule has 2 rings (SSSR count). The first-order valence-electron chi connectivity index (χ1n) is 5.47. The minimum absolute atomic E-state index is 0.0124. The van der Waals surface area contributed by atoms with Gasteiger partial charge in [0.25, 0.3) is 0 Å². The van der Waals surface area contributed by atoms with Gasteiger partial charge in [0.15, 0.2) is 17.3 Å². The number of nitrogens with two attached hydrogens (primary N) is 3. The number of anilines is 4. The lowest BCUT2D eigenvalue weighted by atomic mass is 10.3. The molecule has 0 aliphatic carbocycles. The van der Waals surface area contributed by atoms with E-state index in [0.29, 0.717) is 5.69 Å². The zero-order chi connectivity index (χ0) is 15.6. The summed E-state index contributed by atoms with van der Waals surface area (Å²) in [4.78, 5) is 18.1. The summed E-state index contributed by atoms with van der Waals surface area (Å²) in [5.41, 5.74) is 11.2. The van der Waals surface area contributed by atoms with Crippen LogP contribution < -0.4 is 21.9 Å². The second-order valence-corrected chi connectivity index (χ2v) is 5.51. The van der Waals surface area contributed by atoms with Gasteiger partial charge in [0.05, 0.1) is 4.90 Å². The van der Waals surface area contributed by atoms with Gasteiger partial charge in [-0.25, -0.2) is 13.6 Å². The van der Waals surface area contributed by atoms with Gasteiger partial charge in [-0.05, 0) is 29.4 Å². The minimum atomic E-state index is -3.78. The van der Waals surface area contributed by atoms with E-state index in [1.807, 2.05) is 0 Å². The van der Waals surface area contributed by atoms with E-state index in [1.54, 1.807) is 0 Å².